The molecule has 0 spiro atoms. The number of nitriles is 1. The molecule has 3 aliphatic carbocycles. The lowest BCUT2D eigenvalue weighted by molar-refractivity contribution is 0.0383. The number of aliphatic hydroxyl groups is 1. The second kappa shape index (κ2) is 7.38. The maximum Gasteiger partial charge on any atom is 0.0655 e. The molecule has 21 heavy (non-hydrogen) atoms. The molecule has 3 aliphatic rings. The van der Waals surface area contributed by atoms with Crippen molar-refractivity contribution in [3.8, 4) is 6.07 Å². The van der Waals surface area contributed by atoms with Crippen LogP contribution in [0.5, 0.6) is 0 Å². The molecular formula is C18H29NOS. The van der Waals surface area contributed by atoms with Crippen molar-refractivity contribution in [1.82, 2.24) is 0 Å². The number of rotatable bonds is 3. The Labute approximate surface area is 133 Å². The van der Waals surface area contributed by atoms with Crippen molar-refractivity contribution in [2.24, 2.45) is 23.7 Å². The van der Waals surface area contributed by atoms with E-state index >= 15 is 0 Å². The number of thioether (sulfide) groups is 1. The van der Waals surface area contributed by atoms with Crippen LogP contribution < -0.4 is 0 Å². The topological polar surface area (TPSA) is 44.0 Å². The van der Waals surface area contributed by atoms with Crippen molar-refractivity contribution < 1.29 is 5.11 Å². The molecule has 0 aromatic carbocycles. The molecule has 3 saturated carbocycles. The lowest BCUT2D eigenvalue weighted by Gasteiger charge is -2.41. The van der Waals surface area contributed by atoms with E-state index in [0.29, 0.717) is 5.92 Å². The molecule has 3 heteroatoms. The summed E-state index contributed by atoms with van der Waals surface area (Å²) in [6, 6.07) is 2.43. The highest BCUT2D eigenvalue weighted by atomic mass is 32.2. The monoisotopic (exact) mass is 307 g/mol. The van der Waals surface area contributed by atoms with Crippen LogP contribution in [0.25, 0.3) is 0 Å². The van der Waals surface area contributed by atoms with Gasteiger partial charge >= 0.3 is 0 Å². The lowest BCUT2D eigenvalue weighted by atomic mass is 9.67. The zero-order chi connectivity index (χ0) is 14.7. The molecule has 4 unspecified atom stereocenters. The lowest BCUT2D eigenvalue weighted by Crippen LogP contribution is -2.33. The van der Waals surface area contributed by atoms with Crippen molar-refractivity contribution in [2.75, 3.05) is 5.75 Å². The maximum absolute atomic E-state index is 9.80. The SMILES string of the molecule is N#CC1CCC(SCC2CCC3CC(O)CCC3C2)CC1. The predicted molar refractivity (Wildman–Crippen MR) is 88.0 cm³/mol. The first kappa shape index (κ1) is 15.7. The Balaban J connectivity index is 1.38. The highest BCUT2D eigenvalue weighted by Gasteiger charge is 2.35. The van der Waals surface area contributed by atoms with E-state index in [4.69, 9.17) is 5.26 Å². The summed E-state index contributed by atoms with van der Waals surface area (Å²) in [6.07, 6.45) is 12.3. The van der Waals surface area contributed by atoms with Gasteiger partial charge in [-0.05, 0) is 87.7 Å². The van der Waals surface area contributed by atoms with Gasteiger partial charge in [-0.1, -0.05) is 0 Å². The molecule has 0 aromatic heterocycles. The average Bonchev–Trinajstić information content (AvgIpc) is 2.53. The zero-order valence-corrected chi connectivity index (χ0v) is 13.9. The fraction of sp³-hybridized carbons (Fsp3) is 0.944. The molecular weight excluding hydrogens is 278 g/mol. The van der Waals surface area contributed by atoms with E-state index < -0.39 is 0 Å². The Morgan fingerprint density at radius 1 is 0.905 bits per heavy atom. The molecule has 0 aliphatic heterocycles. The van der Waals surface area contributed by atoms with Gasteiger partial charge in [0.15, 0.2) is 0 Å². The van der Waals surface area contributed by atoms with Gasteiger partial charge in [-0.25, -0.2) is 0 Å². The third-order valence-electron chi connectivity index (χ3n) is 6.12. The number of nitrogens with zero attached hydrogens (tertiary/aromatic N) is 1. The number of hydrogen-bond donors (Lipinski definition) is 1. The summed E-state index contributed by atoms with van der Waals surface area (Å²) in [7, 11) is 0. The van der Waals surface area contributed by atoms with Gasteiger partial charge in [0.1, 0.15) is 0 Å². The largest absolute Gasteiger partial charge is 0.393 e. The fourth-order valence-corrected chi connectivity index (χ4v) is 6.20. The third-order valence-corrected chi connectivity index (χ3v) is 7.73. The highest BCUT2D eigenvalue weighted by Crippen LogP contribution is 2.44. The van der Waals surface area contributed by atoms with Crippen molar-refractivity contribution in [3.63, 3.8) is 0 Å². The number of hydrogen-bond acceptors (Lipinski definition) is 3. The normalized spacial score (nSPS) is 43.8. The number of aliphatic hydroxyl groups excluding tert-OH is 1. The van der Waals surface area contributed by atoms with Crippen LogP contribution in [0.15, 0.2) is 0 Å². The minimum absolute atomic E-state index is 0.00695. The predicted octanol–water partition coefficient (Wildman–Crippen LogP) is 4.38. The summed E-state index contributed by atoms with van der Waals surface area (Å²) in [6.45, 7) is 0. The molecule has 2 nitrogen and oxygen atoms in total. The molecule has 0 bridgehead atoms. The summed E-state index contributed by atoms with van der Waals surface area (Å²) in [5.74, 6) is 4.32. The van der Waals surface area contributed by atoms with Crippen molar-refractivity contribution in [1.29, 1.82) is 5.26 Å². The van der Waals surface area contributed by atoms with E-state index in [1.807, 2.05) is 0 Å². The van der Waals surface area contributed by atoms with Crippen molar-refractivity contribution >= 4 is 11.8 Å². The summed E-state index contributed by atoms with van der Waals surface area (Å²) >= 11 is 2.20. The van der Waals surface area contributed by atoms with E-state index in [1.54, 1.807) is 0 Å². The Morgan fingerprint density at radius 2 is 1.62 bits per heavy atom. The Morgan fingerprint density at radius 3 is 2.38 bits per heavy atom. The average molecular weight is 308 g/mol. The van der Waals surface area contributed by atoms with E-state index in [1.165, 1.54) is 44.3 Å². The van der Waals surface area contributed by atoms with Crippen LogP contribution in [0, 0.1) is 35.0 Å². The highest BCUT2D eigenvalue weighted by molar-refractivity contribution is 7.99. The fourth-order valence-electron chi connectivity index (χ4n) is 4.74. The summed E-state index contributed by atoms with van der Waals surface area (Å²) in [4.78, 5) is 0. The van der Waals surface area contributed by atoms with E-state index in [0.717, 1.165) is 48.7 Å². The van der Waals surface area contributed by atoms with Crippen LogP contribution in [-0.4, -0.2) is 22.2 Å². The first-order valence-corrected chi connectivity index (χ1v) is 9.98. The Hall–Kier alpha value is -0.200. The maximum atomic E-state index is 9.80. The second-order valence-electron chi connectivity index (χ2n) is 7.60. The quantitative estimate of drug-likeness (QED) is 0.841. The molecule has 0 amide bonds. The van der Waals surface area contributed by atoms with E-state index in [-0.39, 0.29) is 6.10 Å². The van der Waals surface area contributed by atoms with Crippen LogP contribution in [0.3, 0.4) is 0 Å². The molecule has 1 N–H and O–H groups in total. The van der Waals surface area contributed by atoms with Gasteiger partial charge in [-0.3, -0.25) is 0 Å². The second-order valence-corrected chi connectivity index (χ2v) is 8.94. The minimum atomic E-state index is -0.00695. The first-order chi connectivity index (χ1) is 10.2. The van der Waals surface area contributed by atoms with E-state index in [9.17, 15) is 5.11 Å². The Bertz CT molecular complexity index is 372. The van der Waals surface area contributed by atoms with Crippen LogP contribution >= 0.6 is 11.8 Å². The molecule has 3 fully saturated rings. The molecule has 4 atom stereocenters. The van der Waals surface area contributed by atoms with E-state index in [2.05, 4.69) is 17.8 Å². The van der Waals surface area contributed by atoms with Gasteiger partial charge in [0, 0.05) is 11.2 Å². The van der Waals surface area contributed by atoms with Crippen LogP contribution in [-0.2, 0) is 0 Å². The van der Waals surface area contributed by atoms with Gasteiger partial charge in [-0.2, -0.15) is 17.0 Å². The molecule has 0 radical (unpaired) electrons. The third kappa shape index (κ3) is 4.17. The van der Waals surface area contributed by atoms with Gasteiger partial charge in [0.25, 0.3) is 0 Å². The van der Waals surface area contributed by atoms with Gasteiger partial charge in [0.05, 0.1) is 12.2 Å². The summed E-state index contributed by atoms with van der Waals surface area (Å²) in [5.41, 5.74) is 0. The van der Waals surface area contributed by atoms with Crippen molar-refractivity contribution in [2.45, 2.75) is 75.6 Å². The molecule has 0 heterocycles. The number of fused-ring (bicyclic) bond motifs is 1. The Kier molecular flexibility index (Phi) is 5.51. The van der Waals surface area contributed by atoms with Crippen LogP contribution in [0.4, 0.5) is 0 Å². The molecule has 3 rings (SSSR count). The molecule has 0 saturated heterocycles. The standard InChI is InChI=1S/C18H29NOS/c19-11-13-2-7-18(8-3-13)21-12-14-1-4-16-10-17(20)6-5-15(16)9-14/h13-18,20H,1-10,12H2. The smallest absolute Gasteiger partial charge is 0.0655 e. The van der Waals surface area contributed by atoms with Crippen molar-refractivity contribution in [3.05, 3.63) is 0 Å². The molecule has 118 valence electrons. The van der Waals surface area contributed by atoms with Gasteiger partial charge in [0.2, 0.25) is 0 Å². The molecule has 0 aromatic rings. The van der Waals surface area contributed by atoms with Crippen LogP contribution in [0.1, 0.15) is 64.2 Å². The van der Waals surface area contributed by atoms with Gasteiger partial charge < -0.3 is 5.11 Å². The van der Waals surface area contributed by atoms with Crippen LogP contribution in [0.2, 0.25) is 0 Å². The minimum Gasteiger partial charge on any atom is -0.393 e. The first-order valence-electron chi connectivity index (χ1n) is 8.94. The summed E-state index contributed by atoms with van der Waals surface area (Å²) in [5, 5.41) is 19.6. The van der Waals surface area contributed by atoms with Gasteiger partial charge in [-0.15, -0.1) is 0 Å². The zero-order valence-electron chi connectivity index (χ0n) is 13.0. The summed E-state index contributed by atoms with van der Waals surface area (Å²) < 4.78 is 0.